The van der Waals surface area contributed by atoms with Crippen molar-refractivity contribution < 1.29 is 4.74 Å². The Morgan fingerprint density at radius 3 is 2.08 bits per heavy atom. The molecule has 0 radical (unpaired) electrons. The Balaban J connectivity index is 1.31. The molecule has 0 heterocycles. The van der Waals surface area contributed by atoms with Gasteiger partial charge in [-0.1, -0.05) is 128 Å². The maximum atomic E-state index is 6.05. The maximum absolute atomic E-state index is 6.05. The number of rotatable bonds is 11. The summed E-state index contributed by atoms with van der Waals surface area (Å²) in [7, 11) is -1.38. The summed E-state index contributed by atoms with van der Waals surface area (Å²) < 4.78 is 6.05. The number of fused-ring (bicyclic) bond motifs is 2. The molecule has 8 unspecified atom stereocenters. The number of ether oxygens (including phenoxy) is 1. The fourth-order valence-electron chi connectivity index (χ4n) is 11.5. The van der Waals surface area contributed by atoms with Gasteiger partial charge >= 0.3 is 0 Å². The average Bonchev–Trinajstić information content (AvgIpc) is 3.50. The Labute approximate surface area is 239 Å². The van der Waals surface area contributed by atoms with Crippen LogP contribution in [0, 0.1) is 35.5 Å². The van der Waals surface area contributed by atoms with Crippen molar-refractivity contribution in [3.63, 3.8) is 0 Å². The molecule has 5 rings (SSSR count). The predicted molar refractivity (Wildman–Crippen MR) is 168 cm³/mol. The Morgan fingerprint density at radius 2 is 1.32 bits per heavy atom. The van der Waals surface area contributed by atoms with Gasteiger partial charge in [-0.15, -0.1) is 0 Å². The van der Waals surface area contributed by atoms with Gasteiger partial charge in [-0.2, -0.15) is 0 Å². The van der Waals surface area contributed by atoms with Gasteiger partial charge in [-0.05, 0) is 86.6 Å². The zero-order chi connectivity index (χ0) is 26.6. The molecule has 1 nitrogen and oxygen atoms in total. The summed E-state index contributed by atoms with van der Waals surface area (Å²) in [5, 5.41) is 0. The van der Waals surface area contributed by atoms with E-state index in [0.717, 1.165) is 42.1 Å². The van der Waals surface area contributed by atoms with E-state index in [2.05, 4.69) is 27.3 Å². The van der Waals surface area contributed by atoms with E-state index >= 15 is 0 Å². The van der Waals surface area contributed by atoms with Gasteiger partial charge in [0.1, 0.15) is 0 Å². The van der Waals surface area contributed by atoms with Crippen molar-refractivity contribution in [1.29, 1.82) is 0 Å². The largest absolute Gasteiger partial charge is 0.376 e. The lowest BCUT2D eigenvalue weighted by atomic mass is 9.81. The fourth-order valence-corrected chi connectivity index (χ4v) is 18.7. The van der Waals surface area contributed by atoms with Gasteiger partial charge in [0.2, 0.25) is 0 Å². The van der Waals surface area contributed by atoms with Crippen LogP contribution in [-0.2, 0) is 4.74 Å². The lowest BCUT2D eigenvalue weighted by molar-refractivity contribution is -0.00471. The van der Waals surface area contributed by atoms with Gasteiger partial charge in [0.05, 0.1) is 13.7 Å². The van der Waals surface area contributed by atoms with Crippen molar-refractivity contribution >= 4 is 8.07 Å². The Kier molecular flexibility index (Phi) is 10.5. The second kappa shape index (κ2) is 13.4. The average molecular weight is 543 g/mol. The van der Waals surface area contributed by atoms with Crippen molar-refractivity contribution in [2.75, 3.05) is 6.61 Å². The summed E-state index contributed by atoms with van der Waals surface area (Å²) in [6.07, 6.45) is 32.5. The monoisotopic (exact) mass is 542 g/mol. The molecule has 38 heavy (non-hydrogen) atoms. The Hall–Kier alpha value is 0.177. The van der Waals surface area contributed by atoms with Crippen LogP contribution >= 0.6 is 0 Å². The molecule has 5 aliphatic carbocycles. The van der Waals surface area contributed by atoms with Crippen LogP contribution in [-0.4, -0.2) is 20.3 Å². The van der Waals surface area contributed by atoms with Gasteiger partial charge in [0.25, 0.3) is 0 Å². The molecular formula is C36H66OSi. The van der Waals surface area contributed by atoms with E-state index in [1.165, 1.54) is 56.0 Å². The highest BCUT2D eigenvalue weighted by atomic mass is 28.3. The van der Waals surface area contributed by atoms with E-state index in [4.69, 9.17) is 4.74 Å². The molecular weight excluding hydrogens is 476 g/mol. The van der Waals surface area contributed by atoms with Gasteiger partial charge in [-0.3, -0.25) is 0 Å². The summed E-state index contributed by atoms with van der Waals surface area (Å²) in [4.78, 5) is 0. The number of unbranched alkanes of at least 4 members (excludes halogenated alkanes) is 3. The minimum absolute atomic E-state index is 0.0247. The van der Waals surface area contributed by atoms with Crippen molar-refractivity contribution in [2.24, 2.45) is 35.5 Å². The van der Waals surface area contributed by atoms with E-state index in [-0.39, 0.29) is 5.60 Å². The third kappa shape index (κ3) is 7.14. The zero-order valence-electron chi connectivity index (χ0n) is 26.3. The summed E-state index contributed by atoms with van der Waals surface area (Å²) >= 11 is 0. The van der Waals surface area contributed by atoms with Crippen LogP contribution < -0.4 is 0 Å². The predicted octanol–water partition coefficient (Wildman–Crippen LogP) is 11.6. The summed E-state index contributed by atoms with van der Waals surface area (Å²) in [5.74, 6) is 6.72. The standard InChI is InChI=1S/C36H66OSi/c1-36(2,3)37-24-14-5-6-15-25-38(4,34-23-22-29-18-10-12-20-32(29)34)35-31(26-28-16-8-7-9-17-28)27-30-19-11-13-21-33(30)35/h28-35H,5-27H2,1-4H3. The van der Waals surface area contributed by atoms with Crippen LogP contribution in [0.15, 0.2) is 0 Å². The third-order valence-electron chi connectivity index (χ3n) is 13.0. The minimum atomic E-state index is -1.38. The molecule has 5 aliphatic rings. The van der Waals surface area contributed by atoms with Crippen molar-refractivity contribution in [1.82, 2.24) is 0 Å². The topological polar surface area (TPSA) is 9.23 Å². The van der Waals surface area contributed by atoms with Gasteiger partial charge in [0.15, 0.2) is 0 Å². The SMILES string of the molecule is CC(C)(C)OCCCCCC[Si](C)(C1CCC2CCCCC21)C1C(CC2CCCCC2)CC2CCCCC21. The molecule has 2 heteroatoms. The number of hydrogen-bond acceptors (Lipinski definition) is 1. The van der Waals surface area contributed by atoms with E-state index in [0.29, 0.717) is 0 Å². The van der Waals surface area contributed by atoms with E-state index in [1.54, 1.807) is 95.9 Å². The highest BCUT2D eigenvalue weighted by molar-refractivity contribution is 6.81. The Morgan fingerprint density at radius 1 is 0.658 bits per heavy atom. The van der Waals surface area contributed by atoms with Crippen LogP contribution in [0.3, 0.4) is 0 Å². The maximum Gasteiger partial charge on any atom is 0.0598 e. The minimum Gasteiger partial charge on any atom is -0.376 e. The highest BCUT2D eigenvalue weighted by Gasteiger charge is 2.58. The molecule has 8 atom stereocenters. The fraction of sp³-hybridized carbons (Fsp3) is 1.00. The van der Waals surface area contributed by atoms with Gasteiger partial charge < -0.3 is 4.74 Å². The molecule has 5 fully saturated rings. The van der Waals surface area contributed by atoms with E-state index in [9.17, 15) is 0 Å². The molecule has 220 valence electrons. The summed E-state index contributed by atoms with van der Waals surface area (Å²) in [5.41, 5.74) is 2.39. The van der Waals surface area contributed by atoms with Crippen LogP contribution in [0.1, 0.15) is 156 Å². The highest BCUT2D eigenvalue weighted by Crippen LogP contribution is 2.65. The molecule has 0 aromatic heterocycles. The normalized spacial score (nSPS) is 38.1. The first-order chi connectivity index (χ1) is 18.4. The lowest BCUT2D eigenvalue weighted by Gasteiger charge is -2.49. The van der Waals surface area contributed by atoms with E-state index < -0.39 is 8.07 Å². The summed E-state index contributed by atoms with van der Waals surface area (Å²) in [6.45, 7) is 10.6. The lowest BCUT2D eigenvalue weighted by Crippen LogP contribution is -2.48. The molecule has 5 saturated carbocycles. The van der Waals surface area contributed by atoms with Crippen LogP contribution in [0.5, 0.6) is 0 Å². The molecule has 0 saturated heterocycles. The molecule has 0 amide bonds. The molecule has 0 aliphatic heterocycles. The van der Waals surface area contributed by atoms with Crippen LogP contribution in [0.25, 0.3) is 0 Å². The van der Waals surface area contributed by atoms with Gasteiger partial charge in [-0.25, -0.2) is 0 Å². The second-order valence-electron chi connectivity index (χ2n) is 16.5. The first kappa shape index (κ1) is 29.7. The molecule has 0 N–H and O–H groups in total. The van der Waals surface area contributed by atoms with E-state index in [1.807, 2.05) is 0 Å². The third-order valence-corrected chi connectivity index (χ3v) is 19.3. The molecule has 0 spiro atoms. The van der Waals surface area contributed by atoms with Crippen molar-refractivity contribution in [3.05, 3.63) is 0 Å². The number of hydrogen-bond donors (Lipinski definition) is 0. The molecule has 0 aromatic rings. The first-order valence-corrected chi connectivity index (χ1v) is 20.9. The van der Waals surface area contributed by atoms with Crippen LogP contribution in [0.2, 0.25) is 23.7 Å². The van der Waals surface area contributed by atoms with Gasteiger partial charge in [0, 0.05) is 6.61 Å². The van der Waals surface area contributed by atoms with Crippen molar-refractivity contribution in [2.45, 2.75) is 185 Å². The molecule has 0 aromatic carbocycles. The van der Waals surface area contributed by atoms with Crippen molar-refractivity contribution in [3.8, 4) is 0 Å². The summed E-state index contributed by atoms with van der Waals surface area (Å²) in [6, 6.07) is 1.68. The first-order valence-electron chi connectivity index (χ1n) is 18.0. The molecule has 0 bridgehead atoms. The second-order valence-corrected chi connectivity index (χ2v) is 21.4. The Bertz CT molecular complexity index is 707. The quantitative estimate of drug-likeness (QED) is 0.186. The zero-order valence-corrected chi connectivity index (χ0v) is 27.3. The van der Waals surface area contributed by atoms with Crippen LogP contribution in [0.4, 0.5) is 0 Å². The smallest absolute Gasteiger partial charge is 0.0598 e.